The maximum Gasteiger partial charge on any atom is 0.308 e. The average molecular weight is 575 g/mol. The molecule has 10 atom stereocenters. The smallest absolute Gasteiger partial charge is 0.308 e. The van der Waals surface area contributed by atoms with E-state index in [-0.39, 0.29) is 22.9 Å². The Balaban J connectivity index is 1.30. The number of carbonyl (C=O) groups is 1. The molecule has 5 fully saturated rings. The van der Waals surface area contributed by atoms with Gasteiger partial charge in [-0.3, -0.25) is 4.79 Å². The second-order valence-corrected chi connectivity index (χ2v) is 20.8. The van der Waals surface area contributed by atoms with Crippen molar-refractivity contribution in [3.05, 3.63) is 0 Å². The van der Waals surface area contributed by atoms with Crippen LogP contribution in [0.5, 0.6) is 0 Å². The van der Waals surface area contributed by atoms with E-state index >= 15 is 0 Å². The Hall–Kier alpha value is -0.393. The molecule has 40 heavy (non-hydrogen) atoms. The molecule has 230 valence electrons. The Morgan fingerprint density at radius 3 is 2.27 bits per heavy atom. The van der Waals surface area contributed by atoms with Crippen molar-refractivity contribution < 1.29 is 18.7 Å². The molecule has 4 nitrogen and oxygen atoms in total. The van der Waals surface area contributed by atoms with Gasteiger partial charge in [-0.2, -0.15) is 0 Å². The highest BCUT2D eigenvalue weighted by Gasteiger charge is 2.77. The highest BCUT2D eigenvalue weighted by Crippen LogP contribution is 2.82. The molecule has 0 heterocycles. The highest BCUT2D eigenvalue weighted by molar-refractivity contribution is 6.73. The molecule has 0 amide bonds. The maximum atomic E-state index is 13.4. The Morgan fingerprint density at radius 2 is 1.68 bits per heavy atom. The molecule has 0 radical (unpaired) electrons. The second kappa shape index (κ2) is 11.0. The summed E-state index contributed by atoms with van der Waals surface area (Å²) in [7, 11) is 1.93. The predicted octanol–water partition coefficient (Wildman–Crippen LogP) is 9.03. The fraction of sp³-hybridized carbons (Fsp3) is 0.971. The van der Waals surface area contributed by atoms with E-state index in [1.807, 2.05) is 7.11 Å². The van der Waals surface area contributed by atoms with Crippen molar-refractivity contribution in [3.63, 3.8) is 0 Å². The first-order valence-corrected chi connectivity index (χ1v) is 19.7. The summed E-state index contributed by atoms with van der Waals surface area (Å²) >= 11 is 0. The van der Waals surface area contributed by atoms with Crippen molar-refractivity contribution >= 4 is 14.3 Å². The van der Waals surface area contributed by atoms with Crippen LogP contribution < -0.4 is 0 Å². The van der Waals surface area contributed by atoms with E-state index < -0.39 is 8.32 Å². The summed E-state index contributed by atoms with van der Waals surface area (Å²) in [6.45, 7) is 16.7. The van der Waals surface area contributed by atoms with E-state index in [9.17, 15) is 4.79 Å². The Kier molecular flexibility index (Phi) is 8.50. The summed E-state index contributed by atoms with van der Waals surface area (Å²) in [4.78, 5) is 13.4. The summed E-state index contributed by atoms with van der Waals surface area (Å²) in [5, 5.41) is 0. The van der Waals surface area contributed by atoms with Crippen LogP contribution >= 0.6 is 0 Å². The molecule has 0 saturated heterocycles. The second-order valence-electron chi connectivity index (χ2n) is 16.1. The molecule has 0 aliphatic heterocycles. The molecule has 5 heteroatoms. The number of hydrogen-bond donors (Lipinski definition) is 0. The molecule has 5 saturated carbocycles. The zero-order valence-corrected chi connectivity index (χ0v) is 28.6. The molecule has 1 spiro atoms. The molecular weight excluding hydrogens is 512 g/mol. The van der Waals surface area contributed by atoms with Crippen molar-refractivity contribution in [1.29, 1.82) is 0 Å². The highest BCUT2D eigenvalue weighted by atomic mass is 28.4. The summed E-state index contributed by atoms with van der Waals surface area (Å²) in [5.41, 5.74) is 1.05. The summed E-state index contributed by atoms with van der Waals surface area (Å²) in [6, 6.07) is 3.55. The van der Waals surface area contributed by atoms with Gasteiger partial charge in [0, 0.05) is 12.5 Å². The number of methoxy groups -OCH3 is 2. The lowest BCUT2D eigenvalue weighted by Crippen LogP contribution is -2.57. The molecule has 5 aliphatic rings. The Bertz CT molecular complexity index is 922. The predicted molar refractivity (Wildman–Crippen MR) is 166 cm³/mol. The van der Waals surface area contributed by atoms with Crippen LogP contribution in [0, 0.1) is 51.8 Å². The third kappa shape index (κ3) is 4.61. The van der Waals surface area contributed by atoms with Gasteiger partial charge >= 0.3 is 5.97 Å². The van der Waals surface area contributed by atoms with Gasteiger partial charge < -0.3 is 13.9 Å². The van der Waals surface area contributed by atoms with Crippen LogP contribution in [-0.2, 0) is 18.7 Å². The Labute approximate surface area is 247 Å². The molecule has 0 N–H and O–H groups in total. The first-order valence-electron chi connectivity index (χ1n) is 17.2. The zero-order valence-electron chi connectivity index (χ0n) is 27.6. The minimum atomic E-state index is -1.67. The van der Waals surface area contributed by atoms with Crippen LogP contribution in [0.4, 0.5) is 0 Å². The summed E-state index contributed by atoms with van der Waals surface area (Å²) in [6.07, 6.45) is 14.0. The maximum absolute atomic E-state index is 13.4. The van der Waals surface area contributed by atoms with Crippen LogP contribution in [0.25, 0.3) is 0 Å². The number of hydrogen-bond acceptors (Lipinski definition) is 4. The number of ether oxygens (including phenoxy) is 2. The summed E-state index contributed by atoms with van der Waals surface area (Å²) in [5.74, 6) is 3.73. The third-order valence-corrected chi connectivity index (χ3v) is 19.5. The van der Waals surface area contributed by atoms with E-state index in [1.54, 1.807) is 7.11 Å². The molecule has 5 aliphatic carbocycles. The average Bonchev–Trinajstić information content (AvgIpc) is 3.46. The fourth-order valence-corrected chi connectivity index (χ4v) is 15.5. The molecule has 0 aromatic heterocycles. The van der Waals surface area contributed by atoms with Gasteiger partial charge in [-0.1, -0.05) is 34.6 Å². The van der Waals surface area contributed by atoms with Crippen LogP contribution in [0.15, 0.2) is 0 Å². The van der Waals surface area contributed by atoms with Crippen LogP contribution in [0.1, 0.15) is 119 Å². The van der Waals surface area contributed by atoms with Gasteiger partial charge in [0.15, 0.2) is 8.32 Å². The number of rotatable bonds is 12. The van der Waals surface area contributed by atoms with E-state index in [4.69, 9.17) is 13.9 Å². The topological polar surface area (TPSA) is 44.8 Å². The zero-order chi connectivity index (χ0) is 29.1. The monoisotopic (exact) mass is 574 g/mol. The quantitative estimate of drug-likeness (QED) is 0.172. The molecular formula is C35H62O4Si. The number of carbonyl (C=O) groups excluding carboxylic acids is 1. The van der Waals surface area contributed by atoms with Gasteiger partial charge in [-0.25, -0.2) is 0 Å². The van der Waals surface area contributed by atoms with E-state index in [0.717, 1.165) is 42.9 Å². The molecule has 0 aromatic carbocycles. The van der Waals surface area contributed by atoms with Crippen LogP contribution in [0.2, 0.25) is 18.1 Å². The van der Waals surface area contributed by atoms with E-state index in [0.29, 0.717) is 22.9 Å². The molecule has 0 unspecified atom stereocenters. The van der Waals surface area contributed by atoms with Crippen LogP contribution in [0.3, 0.4) is 0 Å². The minimum absolute atomic E-state index is 0.0147. The van der Waals surface area contributed by atoms with Crippen molar-refractivity contribution in [1.82, 2.24) is 0 Å². The van der Waals surface area contributed by atoms with Gasteiger partial charge in [0.2, 0.25) is 0 Å². The SMILES string of the molecule is CC[Si](CC)(CC)OC(C)(C)CCC[C@@H](C(=O)OC)[C@H]1CC[C@H]2[C@@H]3C[C@@H](OC)[C@]45C[C@H]4CC[C@]5(C)[C@H]3CC[C@]12C. The van der Waals surface area contributed by atoms with Crippen molar-refractivity contribution in [2.45, 2.75) is 149 Å². The fourth-order valence-electron chi connectivity index (χ4n) is 12.3. The minimum Gasteiger partial charge on any atom is -0.469 e. The molecule has 0 aromatic rings. The van der Waals surface area contributed by atoms with Gasteiger partial charge in [0.05, 0.1) is 24.7 Å². The van der Waals surface area contributed by atoms with Gasteiger partial charge in [0.25, 0.3) is 0 Å². The number of esters is 1. The van der Waals surface area contributed by atoms with E-state index in [2.05, 4.69) is 48.5 Å². The normalized spacial score (nSPS) is 42.9. The summed E-state index contributed by atoms with van der Waals surface area (Å²) < 4.78 is 18.8. The van der Waals surface area contributed by atoms with Gasteiger partial charge in [-0.05, 0) is 143 Å². The van der Waals surface area contributed by atoms with Crippen molar-refractivity contribution in [2.24, 2.45) is 51.8 Å². The van der Waals surface area contributed by atoms with Crippen molar-refractivity contribution in [2.75, 3.05) is 14.2 Å². The largest absolute Gasteiger partial charge is 0.469 e. The van der Waals surface area contributed by atoms with E-state index in [1.165, 1.54) is 69.5 Å². The lowest BCUT2D eigenvalue weighted by molar-refractivity contribution is -0.166. The van der Waals surface area contributed by atoms with Gasteiger partial charge in [-0.15, -0.1) is 0 Å². The first kappa shape index (κ1) is 31.0. The number of fused-ring (bicyclic) bond motifs is 4. The standard InChI is InChI=1S/C35H62O4Si/c1-10-40(11-2,12-3)39-32(4,5)19-13-14-25(31(36)38-9)27-15-16-28-26-22-30(37-8)35-23-24(35)17-21-34(35,7)29(26)18-20-33(27,28)6/h24-30H,10-23H2,1-9H3/t24-,25-,26+,27-,28+,29+,30-,33-,34-,35+/m1/s1. The lowest BCUT2D eigenvalue weighted by atomic mass is 9.45. The lowest BCUT2D eigenvalue weighted by Gasteiger charge is -2.61. The van der Waals surface area contributed by atoms with Crippen LogP contribution in [-0.4, -0.2) is 40.2 Å². The Morgan fingerprint density at radius 1 is 0.975 bits per heavy atom. The van der Waals surface area contributed by atoms with Crippen molar-refractivity contribution in [3.8, 4) is 0 Å². The van der Waals surface area contributed by atoms with Gasteiger partial charge in [0.1, 0.15) is 0 Å². The first-order chi connectivity index (χ1) is 18.9. The molecule has 5 rings (SSSR count). The molecule has 0 bridgehead atoms. The third-order valence-electron chi connectivity index (χ3n) is 14.6.